The van der Waals surface area contributed by atoms with Crippen LogP contribution in [0.1, 0.15) is 15.9 Å². The zero-order valence-corrected chi connectivity index (χ0v) is 15.4. The van der Waals surface area contributed by atoms with E-state index in [1.54, 1.807) is 36.4 Å². The fourth-order valence-corrected chi connectivity index (χ4v) is 2.62. The molecule has 9 heteroatoms. The number of rotatable bonds is 4. The van der Waals surface area contributed by atoms with Gasteiger partial charge in [-0.2, -0.15) is 5.10 Å². The molecule has 1 heterocycles. The van der Waals surface area contributed by atoms with Crippen LogP contribution in [0.5, 0.6) is 0 Å². The molecular formula is C19H15ClN4O4. The molecule has 1 aliphatic rings. The maximum Gasteiger partial charge on any atom is 0.335 e. The normalized spacial score (nSPS) is 17.0. The maximum atomic E-state index is 12.6. The summed E-state index contributed by atoms with van der Waals surface area (Å²) in [5, 5.41) is 6.27. The summed E-state index contributed by atoms with van der Waals surface area (Å²) in [6.07, 6.45) is 0.985. The van der Waals surface area contributed by atoms with Gasteiger partial charge < -0.3 is 0 Å². The Labute approximate surface area is 165 Å². The van der Waals surface area contributed by atoms with Crippen LogP contribution < -0.4 is 15.6 Å². The molecule has 1 fully saturated rings. The van der Waals surface area contributed by atoms with Crippen molar-refractivity contribution in [1.82, 2.24) is 10.7 Å². The number of hydrogen-bond donors (Lipinski definition) is 2. The highest BCUT2D eigenvalue weighted by Gasteiger charge is 2.40. The van der Waals surface area contributed by atoms with Crippen molar-refractivity contribution in [2.75, 3.05) is 4.90 Å². The van der Waals surface area contributed by atoms with Gasteiger partial charge in [0.05, 0.1) is 5.69 Å². The molecule has 1 aliphatic heterocycles. The van der Waals surface area contributed by atoms with Crippen molar-refractivity contribution in [1.29, 1.82) is 0 Å². The van der Waals surface area contributed by atoms with Crippen molar-refractivity contribution < 1.29 is 19.2 Å². The molecular weight excluding hydrogens is 384 g/mol. The van der Waals surface area contributed by atoms with E-state index in [9.17, 15) is 19.2 Å². The average Bonchev–Trinajstić information content (AvgIpc) is 2.66. The Morgan fingerprint density at radius 2 is 1.75 bits per heavy atom. The fraction of sp³-hybridized carbons (Fsp3) is 0.105. The number of urea groups is 1. The second-order valence-electron chi connectivity index (χ2n) is 6.01. The van der Waals surface area contributed by atoms with Crippen LogP contribution in [0.3, 0.4) is 0 Å². The standard InChI is InChI=1S/C19H15ClN4O4/c1-11-2-8-14(9-3-11)24-18(27)15(17(26)22-19(24)28)10-21-23-16(25)12-4-6-13(20)7-5-12/h2-10,15H,1H3,(H,23,25)(H,22,26,28)/b21-10-/t15-/m0/s1. The number of imide groups is 2. The van der Waals surface area contributed by atoms with Crippen LogP contribution in [0.2, 0.25) is 5.02 Å². The van der Waals surface area contributed by atoms with Gasteiger partial charge in [-0.05, 0) is 43.3 Å². The monoisotopic (exact) mass is 398 g/mol. The second-order valence-corrected chi connectivity index (χ2v) is 6.44. The number of nitrogens with zero attached hydrogens (tertiary/aromatic N) is 2. The number of anilines is 1. The van der Waals surface area contributed by atoms with E-state index in [0.717, 1.165) is 16.7 Å². The molecule has 2 N–H and O–H groups in total. The zero-order chi connectivity index (χ0) is 20.3. The lowest BCUT2D eigenvalue weighted by molar-refractivity contribution is -0.131. The van der Waals surface area contributed by atoms with Crippen LogP contribution in [0, 0.1) is 12.8 Å². The van der Waals surface area contributed by atoms with Gasteiger partial charge in [0.1, 0.15) is 0 Å². The van der Waals surface area contributed by atoms with E-state index in [1.165, 1.54) is 12.1 Å². The molecule has 28 heavy (non-hydrogen) atoms. The topological polar surface area (TPSA) is 108 Å². The molecule has 2 aromatic rings. The quantitative estimate of drug-likeness (QED) is 0.467. The molecule has 0 aromatic heterocycles. The van der Waals surface area contributed by atoms with Crippen LogP contribution in [-0.4, -0.2) is 30.0 Å². The van der Waals surface area contributed by atoms with E-state index in [-0.39, 0.29) is 0 Å². The lowest BCUT2D eigenvalue weighted by Crippen LogP contribution is -2.58. The summed E-state index contributed by atoms with van der Waals surface area (Å²) in [4.78, 5) is 49.6. The Kier molecular flexibility index (Phi) is 5.51. The zero-order valence-electron chi connectivity index (χ0n) is 14.7. The molecule has 2 aromatic carbocycles. The molecule has 0 bridgehead atoms. The molecule has 142 valence electrons. The van der Waals surface area contributed by atoms with Gasteiger partial charge in [-0.15, -0.1) is 0 Å². The largest absolute Gasteiger partial charge is 0.335 e. The molecule has 0 spiro atoms. The minimum Gasteiger partial charge on any atom is -0.276 e. The predicted molar refractivity (Wildman–Crippen MR) is 103 cm³/mol. The van der Waals surface area contributed by atoms with E-state index < -0.39 is 29.7 Å². The van der Waals surface area contributed by atoms with Gasteiger partial charge in [0.15, 0.2) is 5.92 Å². The number of aryl methyl sites for hydroxylation is 1. The highest BCUT2D eigenvalue weighted by atomic mass is 35.5. The Balaban J connectivity index is 1.74. The number of hydrogen-bond acceptors (Lipinski definition) is 5. The Bertz CT molecular complexity index is 970. The summed E-state index contributed by atoms with van der Waals surface area (Å²) in [5.41, 5.74) is 3.81. The minimum absolute atomic E-state index is 0.303. The average molecular weight is 399 g/mol. The Morgan fingerprint density at radius 3 is 2.39 bits per heavy atom. The molecule has 1 atom stereocenters. The van der Waals surface area contributed by atoms with E-state index in [2.05, 4.69) is 15.8 Å². The number of benzene rings is 2. The summed E-state index contributed by atoms with van der Waals surface area (Å²) in [6, 6.07) is 11.9. The predicted octanol–water partition coefficient (Wildman–Crippen LogP) is 2.26. The Hall–Kier alpha value is -3.52. The SMILES string of the molecule is Cc1ccc(N2C(=O)NC(=O)[C@H](/C=N\NC(=O)c3ccc(Cl)cc3)C2=O)cc1. The third kappa shape index (κ3) is 4.07. The molecule has 8 nitrogen and oxygen atoms in total. The van der Waals surface area contributed by atoms with Crippen molar-refractivity contribution >= 4 is 47.3 Å². The van der Waals surface area contributed by atoms with E-state index in [1.807, 2.05) is 6.92 Å². The number of hydrazone groups is 1. The van der Waals surface area contributed by atoms with Crippen molar-refractivity contribution in [3.63, 3.8) is 0 Å². The van der Waals surface area contributed by atoms with Crippen LogP contribution in [0.4, 0.5) is 10.5 Å². The van der Waals surface area contributed by atoms with Crippen molar-refractivity contribution in [3.8, 4) is 0 Å². The number of nitrogens with one attached hydrogen (secondary N) is 2. The van der Waals surface area contributed by atoms with Gasteiger partial charge in [-0.25, -0.2) is 15.1 Å². The molecule has 1 saturated heterocycles. The Morgan fingerprint density at radius 1 is 1.11 bits per heavy atom. The van der Waals surface area contributed by atoms with Crippen LogP contribution in [0.15, 0.2) is 53.6 Å². The lowest BCUT2D eigenvalue weighted by Gasteiger charge is -2.28. The lowest BCUT2D eigenvalue weighted by atomic mass is 10.1. The summed E-state index contributed by atoms with van der Waals surface area (Å²) in [5.74, 6) is -3.47. The van der Waals surface area contributed by atoms with Crippen LogP contribution >= 0.6 is 11.6 Å². The molecule has 0 aliphatic carbocycles. The highest BCUT2D eigenvalue weighted by molar-refractivity contribution is 6.32. The van der Waals surface area contributed by atoms with Crippen LogP contribution in [0.25, 0.3) is 0 Å². The van der Waals surface area contributed by atoms with E-state index in [4.69, 9.17) is 11.6 Å². The third-order valence-corrected chi connectivity index (χ3v) is 4.24. The second kappa shape index (κ2) is 8.01. The summed E-state index contributed by atoms with van der Waals surface area (Å²) < 4.78 is 0. The number of amides is 5. The maximum absolute atomic E-state index is 12.6. The summed E-state index contributed by atoms with van der Waals surface area (Å²) in [6.45, 7) is 1.87. The third-order valence-electron chi connectivity index (χ3n) is 3.99. The van der Waals surface area contributed by atoms with Crippen molar-refractivity contribution in [2.24, 2.45) is 11.0 Å². The number of carbonyl (C=O) groups is 4. The van der Waals surface area contributed by atoms with Gasteiger partial charge in [-0.3, -0.25) is 19.7 Å². The van der Waals surface area contributed by atoms with Crippen molar-refractivity contribution in [2.45, 2.75) is 6.92 Å². The molecule has 0 radical (unpaired) electrons. The first-order valence-electron chi connectivity index (χ1n) is 8.21. The van der Waals surface area contributed by atoms with E-state index >= 15 is 0 Å². The number of carbonyl (C=O) groups excluding carboxylic acids is 4. The van der Waals surface area contributed by atoms with Crippen molar-refractivity contribution in [3.05, 3.63) is 64.7 Å². The first kappa shape index (κ1) is 19.2. The minimum atomic E-state index is -1.36. The summed E-state index contributed by atoms with van der Waals surface area (Å²) in [7, 11) is 0. The first-order valence-corrected chi connectivity index (χ1v) is 8.59. The van der Waals surface area contributed by atoms with Gasteiger partial charge in [0, 0.05) is 16.8 Å². The molecule has 0 saturated carbocycles. The molecule has 3 rings (SSSR count). The molecule has 5 amide bonds. The van der Waals surface area contributed by atoms with Gasteiger partial charge in [0.25, 0.3) is 11.8 Å². The van der Waals surface area contributed by atoms with Gasteiger partial charge >= 0.3 is 6.03 Å². The number of halogens is 1. The van der Waals surface area contributed by atoms with Gasteiger partial charge in [0.2, 0.25) is 5.91 Å². The smallest absolute Gasteiger partial charge is 0.276 e. The molecule has 0 unspecified atom stereocenters. The van der Waals surface area contributed by atoms with Gasteiger partial charge in [-0.1, -0.05) is 29.3 Å². The fourth-order valence-electron chi connectivity index (χ4n) is 2.50. The number of barbiturate groups is 1. The highest BCUT2D eigenvalue weighted by Crippen LogP contribution is 2.20. The first-order chi connectivity index (χ1) is 13.4. The van der Waals surface area contributed by atoms with E-state index in [0.29, 0.717) is 16.3 Å². The van der Waals surface area contributed by atoms with Crippen LogP contribution in [-0.2, 0) is 9.59 Å². The summed E-state index contributed by atoms with van der Waals surface area (Å²) >= 11 is 5.76.